The van der Waals surface area contributed by atoms with Crippen molar-refractivity contribution < 1.29 is 113 Å². The zero-order valence-electron chi connectivity index (χ0n) is 15.2. The Labute approximate surface area is 200 Å². The van der Waals surface area contributed by atoms with E-state index in [0.29, 0.717) is 0 Å². The minimum absolute atomic E-state index is 2.02. The van der Waals surface area contributed by atoms with Gasteiger partial charge >= 0.3 is 200 Å². The van der Waals surface area contributed by atoms with Gasteiger partial charge in [0.1, 0.15) is 0 Å². The molecular formula is C4F12O16S4Sn. The normalized spacial score (nSPS) is 15.7. The van der Waals surface area contributed by atoms with Crippen molar-refractivity contribution in [3.05, 3.63) is 0 Å². The van der Waals surface area contributed by atoms with E-state index in [1.807, 2.05) is 16.7 Å². The second-order valence-corrected chi connectivity index (χ2v) is 17.7. The van der Waals surface area contributed by atoms with Crippen LogP contribution in [0.5, 0.6) is 0 Å². The van der Waals surface area contributed by atoms with Gasteiger partial charge in [-0.05, 0) is 0 Å². The van der Waals surface area contributed by atoms with Crippen molar-refractivity contribution in [3.63, 3.8) is 0 Å². The molecular weight excluding hydrogens is 779 g/mol. The van der Waals surface area contributed by atoms with Crippen LogP contribution in [0.4, 0.5) is 52.7 Å². The standard InChI is InChI=1S/4CHF3O4S.Sn/c4*2-1(3,4)8-9(5,6)7;/h4*(H,5,6,7);/q;;;;+4/p-4. The fourth-order valence-electron chi connectivity index (χ4n) is 1.11. The summed E-state index contributed by atoms with van der Waals surface area (Å²) in [7, 11) is -29.8. The predicted octanol–water partition coefficient (Wildman–Crippen LogP) is 0.613. The van der Waals surface area contributed by atoms with Crippen LogP contribution < -0.4 is 0 Å². The van der Waals surface area contributed by atoms with Gasteiger partial charge in [0.2, 0.25) is 0 Å². The van der Waals surface area contributed by atoms with Crippen LogP contribution in [0, 0.1) is 0 Å². The van der Waals surface area contributed by atoms with Crippen molar-refractivity contribution >= 4 is 61.6 Å². The molecule has 0 rings (SSSR count). The summed E-state index contributed by atoms with van der Waals surface area (Å²) in [5.41, 5.74) is 0. The Morgan fingerprint density at radius 3 is 0.595 bits per heavy atom. The first-order valence-corrected chi connectivity index (χ1v) is 16.6. The summed E-state index contributed by atoms with van der Waals surface area (Å²) >= 11 is -9.64. The number of hydrogen-bond acceptors (Lipinski definition) is 16. The molecule has 224 valence electrons. The van der Waals surface area contributed by atoms with E-state index in [-0.39, 0.29) is 0 Å². The number of halogens is 12. The van der Waals surface area contributed by atoms with E-state index in [2.05, 4.69) is 10.1 Å². The molecule has 0 aliphatic heterocycles. The fraction of sp³-hybridized carbons (Fsp3) is 1.00. The van der Waals surface area contributed by atoms with Gasteiger partial charge in [-0.1, -0.05) is 0 Å². The summed E-state index contributed by atoms with van der Waals surface area (Å²) in [6.07, 6.45) is -26.3. The van der Waals surface area contributed by atoms with Gasteiger partial charge in [0.05, 0.1) is 0 Å². The van der Waals surface area contributed by atoms with E-state index in [9.17, 15) is 86.4 Å². The van der Waals surface area contributed by atoms with Crippen molar-refractivity contribution in [3.8, 4) is 0 Å². The Morgan fingerprint density at radius 1 is 0.351 bits per heavy atom. The SMILES string of the molecule is O=S(=O)(OC(F)(F)F)[O][Sn]([O]S(=O)(=O)OC(F)(F)F)([O]S(=O)(=O)OC(F)(F)F)[O]S(=O)(=O)OC(F)(F)F. The molecule has 37 heavy (non-hydrogen) atoms. The molecule has 0 heterocycles. The van der Waals surface area contributed by atoms with Crippen LogP contribution in [0.2, 0.25) is 0 Å². The first-order chi connectivity index (χ1) is 15.7. The monoisotopic (exact) mass is 780 g/mol. The number of hydrogen-bond donors (Lipinski definition) is 0. The molecule has 0 aliphatic rings. The number of rotatable bonds is 12. The third-order valence-electron chi connectivity index (χ3n) is 1.60. The van der Waals surface area contributed by atoms with Gasteiger partial charge in [-0.15, -0.1) is 0 Å². The fourth-order valence-corrected chi connectivity index (χ4v) is 17.9. The molecule has 0 amide bonds. The summed E-state index contributed by atoms with van der Waals surface area (Å²) in [6, 6.07) is 0. The van der Waals surface area contributed by atoms with Crippen molar-refractivity contribution in [2.75, 3.05) is 0 Å². The Morgan fingerprint density at radius 2 is 0.486 bits per heavy atom. The van der Waals surface area contributed by atoms with Gasteiger partial charge in [-0.25, -0.2) is 0 Å². The van der Waals surface area contributed by atoms with Crippen LogP contribution in [0.15, 0.2) is 0 Å². The van der Waals surface area contributed by atoms with Gasteiger partial charge < -0.3 is 0 Å². The van der Waals surface area contributed by atoms with Crippen molar-refractivity contribution in [1.82, 2.24) is 0 Å². The molecule has 0 saturated carbocycles. The van der Waals surface area contributed by atoms with Crippen molar-refractivity contribution in [1.29, 1.82) is 0 Å². The van der Waals surface area contributed by atoms with Crippen LogP contribution >= 0.6 is 0 Å². The molecule has 0 aromatic rings. The van der Waals surface area contributed by atoms with E-state index in [1.165, 1.54) is 0 Å². The van der Waals surface area contributed by atoms with E-state index in [1.54, 1.807) is 0 Å². The summed E-state index contributed by atoms with van der Waals surface area (Å²) in [5, 5.41) is 0. The Balaban J connectivity index is 7.19. The van der Waals surface area contributed by atoms with E-state index in [0.717, 1.165) is 0 Å². The molecule has 33 heteroatoms. The van der Waals surface area contributed by atoms with Gasteiger partial charge in [-0.3, -0.25) is 0 Å². The van der Waals surface area contributed by atoms with Gasteiger partial charge in [0.25, 0.3) is 0 Å². The Bertz CT molecular complexity index is 1020. The molecule has 0 saturated heterocycles. The molecule has 0 aromatic heterocycles. The second-order valence-electron chi connectivity index (χ2n) is 4.58. The molecule has 0 bridgehead atoms. The Kier molecular flexibility index (Phi) is 11.0. The zero-order valence-corrected chi connectivity index (χ0v) is 21.3. The van der Waals surface area contributed by atoms with E-state index in [4.69, 9.17) is 0 Å². The zero-order chi connectivity index (χ0) is 30.2. The summed E-state index contributed by atoms with van der Waals surface area (Å²) in [6.45, 7) is 0. The molecule has 0 radical (unpaired) electrons. The molecule has 0 atom stereocenters. The van der Waals surface area contributed by atoms with Crippen molar-refractivity contribution in [2.45, 2.75) is 25.4 Å². The summed E-state index contributed by atoms with van der Waals surface area (Å²) in [5.74, 6) is 0. The van der Waals surface area contributed by atoms with Crippen molar-refractivity contribution in [2.24, 2.45) is 0 Å². The first-order valence-electron chi connectivity index (χ1n) is 6.57. The Hall–Kier alpha value is -0.561. The molecule has 0 spiro atoms. The molecule has 0 unspecified atom stereocenters. The first kappa shape index (κ1) is 36.4. The molecule has 0 aromatic carbocycles. The summed E-state index contributed by atoms with van der Waals surface area (Å²) in [4.78, 5) is 0. The van der Waals surface area contributed by atoms with Gasteiger partial charge in [0.15, 0.2) is 0 Å². The maximum absolute atomic E-state index is 12.2. The quantitative estimate of drug-likeness (QED) is 0.196. The molecule has 0 N–H and O–H groups in total. The average molecular weight is 779 g/mol. The topological polar surface area (TPSA) is 210 Å². The van der Waals surface area contributed by atoms with Crippen LogP contribution in [0.1, 0.15) is 0 Å². The van der Waals surface area contributed by atoms with E-state index >= 15 is 0 Å². The predicted molar refractivity (Wildman–Crippen MR) is 74.3 cm³/mol. The van der Waals surface area contributed by atoms with Gasteiger partial charge in [-0.2, -0.15) is 0 Å². The molecule has 16 nitrogen and oxygen atoms in total. The van der Waals surface area contributed by atoms with Crippen LogP contribution in [-0.2, 0) is 68.4 Å². The minimum atomic E-state index is -9.64. The third kappa shape index (κ3) is 17.6. The van der Waals surface area contributed by atoms with Crippen LogP contribution in [0.25, 0.3) is 0 Å². The van der Waals surface area contributed by atoms with Crippen LogP contribution in [0.3, 0.4) is 0 Å². The average Bonchev–Trinajstić information content (AvgIpc) is 2.29. The van der Waals surface area contributed by atoms with Gasteiger partial charge in [0, 0.05) is 0 Å². The number of alkyl halides is 12. The molecule has 0 fully saturated rings. The second kappa shape index (κ2) is 11.1. The van der Waals surface area contributed by atoms with E-state index < -0.39 is 87.1 Å². The third-order valence-corrected chi connectivity index (χ3v) is 18.8. The maximum atomic E-state index is 12.2. The molecule has 0 aliphatic carbocycles. The van der Waals surface area contributed by atoms with Crippen LogP contribution in [-0.4, -0.2) is 79.2 Å². The summed E-state index contributed by atoms with van der Waals surface area (Å²) < 4.78 is 255.